The number of para-hydroxylation sites is 1. The summed E-state index contributed by atoms with van der Waals surface area (Å²) in [5, 5.41) is 10.4. The van der Waals surface area contributed by atoms with E-state index in [0.717, 1.165) is 22.8 Å². The number of carbonyl (C=O) groups is 1. The predicted molar refractivity (Wildman–Crippen MR) is 76.0 cm³/mol. The van der Waals surface area contributed by atoms with E-state index in [4.69, 9.17) is 16.4 Å². The van der Waals surface area contributed by atoms with Crippen LogP contribution in [-0.4, -0.2) is 21.7 Å². The van der Waals surface area contributed by atoms with Crippen molar-refractivity contribution >= 4 is 40.9 Å². The molecule has 3 rings (SSSR count). The quantitative estimate of drug-likeness (QED) is 0.695. The van der Waals surface area contributed by atoms with Gasteiger partial charge in [0.1, 0.15) is 15.9 Å². The van der Waals surface area contributed by atoms with E-state index in [-0.39, 0.29) is 12.5 Å². The summed E-state index contributed by atoms with van der Waals surface area (Å²) in [5.74, 6) is -0.554. The number of rotatable bonds is 4. The number of nitrogens with one attached hydrogen (secondary N) is 1. The number of nitrogens with zero attached hydrogens (tertiary/aromatic N) is 3. The van der Waals surface area contributed by atoms with Gasteiger partial charge in [-0.05, 0) is 11.6 Å². The Bertz CT molecular complexity index is 673. The summed E-state index contributed by atoms with van der Waals surface area (Å²) in [7, 11) is 0. The number of anilines is 1. The summed E-state index contributed by atoms with van der Waals surface area (Å²) in [6.45, 7) is 0.127. The first-order chi connectivity index (χ1) is 9.75. The van der Waals surface area contributed by atoms with Crippen LogP contribution < -0.4 is 5.32 Å². The number of benzene rings is 1. The molecular weight excluding hydrogens is 300 g/mol. The lowest BCUT2D eigenvalue weighted by Gasteiger charge is -2.01. The molecule has 1 atom stereocenters. The molecule has 0 saturated carbocycles. The number of halogens is 1. The van der Waals surface area contributed by atoms with Gasteiger partial charge in [0.25, 0.3) is 0 Å². The molecule has 0 fully saturated rings. The van der Waals surface area contributed by atoms with Crippen molar-refractivity contribution < 1.29 is 9.63 Å². The molecule has 6 nitrogen and oxygen atoms in total. The molecule has 1 aromatic carbocycles. The predicted octanol–water partition coefficient (Wildman–Crippen LogP) is 2.43. The molecular formula is C12H9ClN4O2S. The Kier molecular flexibility index (Phi) is 3.62. The second-order valence-electron chi connectivity index (χ2n) is 4.08. The van der Waals surface area contributed by atoms with Gasteiger partial charge in [-0.15, -0.1) is 5.10 Å². The fraction of sp³-hybridized carbons (Fsp3) is 0.167. The van der Waals surface area contributed by atoms with Crippen molar-refractivity contribution in [1.29, 1.82) is 0 Å². The summed E-state index contributed by atoms with van der Waals surface area (Å²) in [6, 6.07) is 7.47. The Balaban J connectivity index is 1.65. The van der Waals surface area contributed by atoms with Gasteiger partial charge in [0.05, 0.1) is 6.21 Å². The molecule has 1 aliphatic rings. The van der Waals surface area contributed by atoms with E-state index in [9.17, 15) is 4.79 Å². The van der Waals surface area contributed by atoms with Crippen molar-refractivity contribution in [3.8, 4) is 0 Å². The number of fused-ring (bicyclic) bond motifs is 1. The van der Waals surface area contributed by atoms with Crippen LogP contribution in [0, 0.1) is 0 Å². The normalized spacial score (nSPS) is 17.2. The van der Waals surface area contributed by atoms with Gasteiger partial charge in [0.15, 0.2) is 6.61 Å². The number of hydrogen-bond acceptors (Lipinski definition) is 6. The number of aromatic nitrogens is 2. The van der Waals surface area contributed by atoms with Gasteiger partial charge in [-0.2, -0.15) is 0 Å². The molecule has 1 aliphatic heterocycles. The molecule has 0 bridgehead atoms. The Labute approximate surface area is 123 Å². The average molecular weight is 309 g/mol. The Morgan fingerprint density at radius 1 is 1.50 bits per heavy atom. The highest BCUT2D eigenvalue weighted by Gasteiger charge is 2.28. The maximum atomic E-state index is 11.8. The molecule has 2 aromatic rings. The van der Waals surface area contributed by atoms with Crippen molar-refractivity contribution in [2.75, 3.05) is 5.32 Å². The second-order valence-corrected chi connectivity index (χ2v) is 5.43. The number of hydrogen-bond donors (Lipinski definition) is 1. The molecule has 2 heterocycles. The van der Waals surface area contributed by atoms with Crippen LogP contribution in [0.1, 0.15) is 17.2 Å². The number of oxime groups is 1. The SMILES string of the molecule is O=C1Nc2ccccc2C1/C=N/OCc1nnsc1Cl. The lowest BCUT2D eigenvalue weighted by atomic mass is 10.0. The summed E-state index contributed by atoms with van der Waals surface area (Å²) in [6.07, 6.45) is 1.47. The lowest BCUT2D eigenvalue weighted by Crippen LogP contribution is -2.13. The molecule has 1 N–H and O–H groups in total. The molecule has 0 radical (unpaired) electrons. The molecule has 1 amide bonds. The van der Waals surface area contributed by atoms with E-state index in [2.05, 4.69) is 20.1 Å². The van der Waals surface area contributed by atoms with Crippen LogP contribution in [0.15, 0.2) is 29.4 Å². The van der Waals surface area contributed by atoms with Crippen LogP contribution in [-0.2, 0) is 16.2 Å². The van der Waals surface area contributed by atoms with Crippen molar-refractivity contribution in [2.45, 2.75) is 12.5 Å². The fourth-order valence-corrected chi connectivity index (χ4v) is 2.47. The van der Waals surface area contributed by atoms with Crippen molar-refractivity contribution in [3.05, 3.63) is 39.9 Å². The topological polar surface area (TPSA) is 76.5 Å². The third-order valence-electron chi connectivity index (χ3n) is 2.83. The lowest BCUT2D eigenvalue weighted by molar-refractivity contribution is -0.115. The van der Waals surface area contributed by atoms with Gasteiger partial charge in [-0.1, -0.05) is 39.4 Å². The molecule has 1 unspecified atom stereocenters. The monoisotopic (exact) mass is 308 g/mol. The van der Waals surface area contributed by atoms with Gasteiger partial charge >= 0.3 is 0 Å². The van der Waals surface area contributed by atoms with Crippen LogP contribution in [0.2, 0.25) is 4.34 Å². The average Bonchev–Trinajstić information content (AvgIpc) is 2.98. The summed E-state index contributed by atoms with van der Waals surface area (Å²) in [5.41, 5.74) is 2.23. The van der Waals surface area contributed by atoms with E-state index in [1.54, 1.807) is 0 Å². The zero-order chi connectivity index (χ0) is 13.9. The standard InChI is InChI=1S/C12H9ClN4O2S/c13-11-10(16-17-20-11)6-19-14-5-8-7-3-1-2-4-9(7)15-12(8)18/h1-5,8H,6H2,(H,15,18)/b14-5+. The van der Waals surface area contributed by atoms with Gasteiger partial charge in [0, 0.05) is 17.2 Å². The van der Waals surface area contributed by atoms with E-state index < -0.39 is 5.92 Å². The molecule has 0 saturated heterocycles. The van der Waals surface area contributed by atoms with Crippen molar-refractivity contribution in [2.24, 2.45) is 5.16 Å². The molecule has 20 heavy (non-hydrogen) atoms. The Morgan fingerprint density at radius 2 is 2.35 bits per heavy atom. The molecule has 0 aliphatic carbocycles. The van der Waals surface area contributed by atoms with Crippen LogP contribution in [0.25, 0.3) is 0 Å². The summed E-state index contributed by atoms with van der Waals surface area (Å²) < 4.78 is 4.16. The Hall–Kier alpha value is -1.99. The Morgan fingerprint density at radius 3 is 3.15 bits per heavy atom. The highest BCUT2D eigenvalue weighted by Crippen LogP contribution is 2.30. The number of carbonyl (C=O) groups excluding carboxylic acids is 1. The molecule has 1 aromatic heterocycles. The van der Waals surface area contributed by atoms with Crippen molar-refractivity contribution in [1.82, 2.24) is 9.59 Å². The number of amides is 1. The highest BCUT2D eigenvalue weighted by molar-refractivity contribution is 7.10. The molecule has 0 spiro atoms. The first-order valence-corrected chi connectivity index (χ1v) is 6.93. The van der Waals surface area contributed by atoms with Crippen molar-refractivity contribution in [3.63, 3.8) is 0 Å². The van der Waals surface area contributed by atoms with Crippen LogP contribution >= 0.6 is 23.1 Å². The molecule has 8 heteroatoms. The first kappa shape index (κ1) is 13.0. The van der Waals surface area contributed by atoms with Gasteiger partial charge in [-0.25, -0.2) is 0 Å². The smallest absolute Gasteiger partial charge is 0.237 e. The van der Waals surface area contributed by atoms with Crippen LogP contribution in [0.5, 0.6) is 0 Å². The zero-order valence-corrected chi connectivity index (χ0v) is 11.7. The molecule has 102 valence electrons. The van der Waals surface area contributed by atoms with E-state index in [1.165, 1.54) is 6.21 Å². The third kappa shape index (κ3) is 2.50. The van der Waals surface area contributed by atoms with E-state index in [0.29, 0.717) is 10.0 Å². The minimum Gasteiger partial charge on any atom is -0.389 e. The largest absolute Gasteiger partial charge is 0.389 e. The van der Waals surface area contributed by atoms with E-state index >= 15 is 0 Å². The maximum absolute atomic E-state index is 11.8. The third-order valence-corrected chi connectivity index (χ3v) is 3.82. The van der Waals surface area contributed by atoms with Crippen LogP contribution in [0.3, 0.4) is 0 Å². The minimum atomic E-state index is -0.435. The minimum absolute atomic E-state index is 0.119. The van der Waals surface area contributed by atoms with E-state index in [1.807, 2.05) is 24.3 Å². The fourth-order valence-electron chi connectivity index (χ4n) is 1.87. The maximum Gasteiger partial charge on any atom is 0.237 e. The van der Waals surface area contributed by atoms with Gasteiger partial charge in [0.2, 0.25) is 5.91 Å². The zero-order valence-electron chi connectivity index (χ0n) is 10.1. The highest BCUT2D eigenvalue weighted by atomic mass is 35.5. The summed E-state index contributed by atoms with van der Waals surface area (Å²) >= 11 is 6.92. The first-order valence-electron chi connectivity index (χ1n) is 5.77. The second kappa shape index (κ2) is 5.56. The van der Waals surface area contributed by atoms with Gasteiger partial charge < -0.3 is 10.2 Å². The summed E-state index contributed by atoms with van der Waals surface area (Å²) in [4.78, 5) is 16.9. The van der Waals surface area contributed by atoms with Gasteiger partial charge in [-0.3, -0.25) is 4.79 Å². The van der Waals surface area contributed by atoms with Crippen LogP contribution in [0.4, 0.5) is 5.69 Å².